The number of hydrogen-bond donors (Lipinski definition) is 0. The second-order valence-electron chi connectivity index (χ2n) is 4.89. The fourth-order valence-electron chi connectivity index (χ4n) is 2.53. The number of nitriles is 1. The van der Waals surface area contributed by atoms with E-state index < -0.39 is 23.8 Å². The predicted octanol–water partition coefficient (Wildman–Crippen LogP) is 5.00. The molecular weight excluding hydrogens is 397 g/mol. The highest BCUT2D eigenvalue weighted by Gasteiger charge is 2.51. The molecule has 0 aromatic heterocycles. The van der Waals surface area contributed by atoms with Crippen molar-refractivity contribution in [3.8, 4) is 6.07 Å². The lowest BCUT2D eigenvalue weighted by Crippen LogP contribution is -2.34. The number of halogens is 5. The van der Waals surface area contributed by atoms with Crippen LogP contribution < -0.4 is 0 Å². The fourth-order valence-corrected chi connectivity index (χ4v) is 3.47. The molecule has 0 N–H and O–H groups in total. The zero-order valence-electron chi connectivity index (χ0n) is 12.1. The molecule has 2 atom stereocenters. The van der Waals surface area contributed by atoms with Crippen molar-refractivity contribution in [3.05, 3.63) is 45.0 Å². The standard InChI is InChI=1S/C15H13BrClF3N2O/c1-2-23-8-22-13(9-3-5-10(17)6-4-9)11(7-21)12(16)14(22)15(18,19)20/h3-6,11,13H,2,8H2,1H3. The summed E-state index contributed by atoms with van der Waals surface area (Å²) in [5, 5.41) is 9.85. The van der Waals surface area contributed by atoms with Gasteiger partial charge in [0.05, 0.1) is 12.1 Å². The topological polar surface area (TPSA) is 36.3 Å². The van der Waals surface area contributed by atoms with E-state index in [0.29, 0.717) is 10.6 Å². The Morgan fingerprint density at radius 3 is 2.43 bits per heavy atom. The molecule has 0 saturated carbocycles. The van der Waals surface area contributed by atoms with Gasteiger partial charge in [0.25, 0.3) is 0 Å². The molecule has 23 heavy (non-hydrogen) atoms. The van der Waals surface area contributed by atoms with Crippen LogP contribution in [-0.2, 0) is 4.74 Å². The van der Waals surface area contributed by atoms with E-state index in [1.807, 2.05) is 6.07 Å². The Kier molecular flexibility index (Phi) is 5.61. The van der Waals surface area contributed by atoms with Crippen LogP contribution in [0.15, 0.2) is 34.4 Å². The van der Waals surface area contributed by atoms with Crippen LogP contribution >= 0.6 is 27.5 Å². The van der Waals surface area contributed by atoms with Gasteiger partial charge >= 0.3 is 6.18 Å². The van der Waals surface area contributed by atoms with Crippen LogP contribution in [0.25, 0.3) is 0 Å². The molecule has 1 aromatic rings. The Bertz CT molecular complexity index is 640. The first-order valence-corrected chi connectivity index (χ1v) is 7.94. The lowest BCUT2D eigenvalue weighted by atomic mass is 9.96. The molecule has 0 bridgehead atoms. The van der Waals surface area contributed by atoms with Crippen molar-refractivity contribution in [3.63, 3.8) is 0 Å². The van der Waals surface area contributed by atoms with Gasteiger partial charge in [-0.25, -0.2) is 0 Å². The Balaban J connectivity index is 2.51. The van der Waals surface area contributed by atoms with E-state index in [4.69, 9.17) is 16.3 Å². The van der Waals surface area contributed by atoms with Crippen molar-refractivity contribution in [2.24, 2.45) is 5.92 Å². The van der Waals surface area contributed by atoms with Crippen LogP contribution in [0.3, 0.4) is 0 Å². The summed E-state index contributed by atoms with van der Waals surface area (Å²) >= 11 is 8.80. The highest BCUT2D eigenvalue weighted by Crippen LogP contribution is 2.51. The summed E-state index contributed by atoms with van der Waals surface area (Å²) in [6, 6.07) is 7.57. The molecule has 2 unspecified atom stereocenters. The highest BCUT2D eigenvalue weighted by molar-refractivity contribution is 9.11. The van der Waals surface area contributed by atoms with Crippen molar-refractivity contribution < 1.29 is 17.9 Å². The third-order valence-corrected chi connectivity index (χ3v) is 4.61. The summed E-state index contributed by atoms with van der Waals surface area (Å²) in [6.45, 7) is 1.71. The van der Waals surface area contributed by atoms with Crippen LogP contribution in [0.4, 0.5) is 13.2 Å². The fraction of sp³-hybridized carbons (Fsp3) is 0.400. The number of rotatable bonds is 4. The monoisotopic (exact) mass is 408 g/mol. The highest BCUT2D eigenvalue weighted by atomic mass is 79.9. The molecule has 1 aromatic carbocycles. The second kappa shape index (κ2) is 7.12. The molecule has 0 saturated heterocycles. The SMILES string of the molecule is CCOCN1C(C(F)(F)F)=C(Br)C(C#N)C1c1ccc(Cl)cc1. The van der Waals surface area contributed by atoms with Crippen molar-refractivity contribution >= 4 is 27.5 Å². The van der Waals surface area contributed by atoms with Gasteiger partial charge in [0.2, 0.25) is 0 Å². The molecule has 1 heterocycles. The quantitative estimate of drug-likeness (QED) is 0.702. The molecule has 0 aliphatic carbocycles. The smallest absolute Gasteiger partial charge is 0.361 e. The van der Waals surface area contributed by atoms with Gasteiger partial charge in [0, 0.05) is 16.1 Å². The number of ether oxygens (including phenoxy) is 1. The van der Waals surface area contributed by atoms with Crippen molar-refractivity contribution in [2.45, 2.75) is 19.1 Å². The summed E-state index contributed by atoms with van der Waals surface area (Å²) in [4.78, 5) is 1.07. The normalized spacial score (nSPS) is 21.7. The Morgan fingerprint density at radius 2 is 1.96 bits per heavy atom. The van der Waals surface area contributed by atoms with E-state index in [1.54, 1.807) is 31.2 Å². The van der Waals surface area contributed by atoms with Gasteiger partial charge in [0.15, 0.2) is 0 Å². The summed E-state index contributed by atoms with van der Waals surface area (Å²) in [5.41, 5.74) is -0.311. The summed E-state index contributed by atoms with van der Waals surface area (Å²) in [6.07, 6.45) is -4.59. The molecule has 124 valence electrons. The molecule has 2 rings (SSSR count). The maximum Gasteiger partial charge on any atom is 0.432 e. The molecule has 8 heteroatoms. The molecule has 1 aliphatic heterocycles. The molecule has 3 nitrogen and oxygen atoms in total. The van der Waals surface area contributed by atoms with Crippen molar-refractivity contribution in [1.29, 1.82) is 5.26 Å². The maximum atomic E-state index is 13.4. The summed E-state index contributed by atoms with van der Waals surface area (Å²) in [5.74, 6) is -0.978. The maximum absolute atomic E-state index is 13.4. The number of benzene rings is 1. The second-order valence-corrected chi connectivity index (χ2v) is 6.18. The number of nitrogens with zero attached hydrogens (tertiary/aromatic N) is 2. The third-order valence-electron chi connectivity index (χ3n) is 3.49. The van der Waals surface area contributed by atoms with Crippen LogP contribution in [-0.4, -0.2) is 24.4 Å². The van der Waals surface area contributed by atoms with E-state index in [0.717, 1.165) is 4.90 Å². The van der Waals surface area contributed by atoms with Crippen LogP contribution in [0.2, 0.25) is 5.02 Å². The van der Waals surface area contributed by atoms with E-state index in [1.165, 1.54) is 0 Å². The Hall–Kier alpha value is -1.23. The first-order chi connectivity index (χ1) is 10.8. The van der Waals surface area contributed by atoms with Crippen LogP contribution in [0.5, 0.6) is 0 Å². The average molecular weight is 410 g/mol. The van der Waals surface area contributed by atoms with Crippen LogP contribution in [0.1, 0.15) is 18.5 Å². The Labute approximate surface area is 145 Å². The lowest BCUT2D eigenvalue weighted by Gasteiger charge is -2.31. The van der Waals surface area contributed by atoms with Crippen molar-refractivity contribution in [1.82, 2.24) is 4.90 Å². The minimum absolute atomic E-state index is 0.174. The van der Waals surface area contributed by atoms with Crippen molar-refractivity contribution in [2.75, 3.05) is 13.3 Å². The Morgan fingerprint density at radius 1 is 1.35 bits per heavy atom. The third kappa shape index (κ3) is 3.65. The van der Waals surface area contributed by atoms with E-state index in [-0.39, 0.29) is 17.8 Å². The van der Waals surface area contributed by atoms with Gasteiger partial charge < -0.3 is 9.64 Å². The molecule has 0 radical (unpaired) electrons. The molecule has 0 fully saturated rings. The van der Waals surface area contributed by atoms with E-state index >= 15 is 0 Å². The van der Waals surface area contributed by atoms with E-state index in [9.17, 15) is 18.4 Å². The first kappa shape index (κ1) is 18.1. The van der Waals surface area contributed by atoms with E-state index in [2.05, 4.69) is 15.9 Å². The summed E-state index contributed by atoms with van der Waals surface area (Å²) < 4.78 is 45.3. The molecule has 0 spiro atoms. The predicted molar refractivity (Wildman–Crippen MR) is 83.6 cm³/mol. The lowest BCUT2D eigenvalue weighted by molar-refractivity contribution is -0.122. The molecule has 1 aliphatic rings. The van der Waals surface area contributed by atoms with Gasteiger partial charge in [-0.1, -0.05) is 39.7 Å². The average Bonchev–Trinajstić information content (AvgIpc) is 2.77. The molecular formula is C15H13BrClF3N2O. The number of hydrogen-bond acceptors (Lipinski definition) is 3. The minimum atomic E-state index is -4.59. The van der Waals surface area contributed by atoms with Gasteiger partial charge in [-0.2, -0.15) is 18.4 Å². The van der Waals surface area contributed by atoms with Gasteiger partial charge in [-0.3, -0.25) is 0 Å². The van der Waals surface area contributed by atoms with Gasteiger partial charge in [-0.15, -0.1) is 0 Å². The molecule has 0 amide bonds. The zero-order chi connectivity index (χ0) is 17.2. The minimum Gasteiger partial charge on any atom is -0.361 e. The van der Waals surface area contributed by atoms with Gasteiger partial charge in [-0.05, 0) is 24.6 Å². The zero-order valence-corrected chi connectivity index (χ0v) is 14.4. The first-order valence-electron chi connectivity index (χ1n) is 6.77. The largest absolute Gasteiger partial charge is 0.432 e. The van der Waals surface area contributed by atoms with Crippen LogP contribution in [0, 0.1) is 17.2 Å². The number of alkyl halides is 3. The van der Waals surface area contributed by atoms with Gasteiger partial charge in [0.1, 0.15) is 18.3 Å². The number of allylic oxidation sites excluding steroid dienone is 1. The summed E-state index contributed by atoms with van der Waals surface area (Å²) in [7, 11) is 0.